The Bertz CT molecular complexity index is 583. The van der Waals surface area contributed by atoms with Crippen LogP contribution in [0.3, 0.4) is 0 Å². The minimum atomic E-state index is -0.302. The summed E-state index contributed by atoms with van der Waals surface area (Å²) in [6.07, 6.45) is 11.4. The van der Waals surface area contributed by atoms with Gasteiger partial charge in [0, 0.05) is 12.0 Å². The van der Waals surface area contributed by atoms with E-state index < -0.39 is 0 Å². The molecule has 138 valence electrons. The van der Waals surface area contributed by atoms with Gasteiger partial charge in [0.2, 0.25) is 0 Å². The molecule has 0 aliphatic heterocycles. The number of carbonyl (C=O) groups is 1. The van der Waals surface area contributed by atoms with Crippen LogP contribution in [0.2, 0.25) is 0 Å². The highest BCUT2D eigenvalue weighted by atomic mass is 19.1. The van der Waals surface area contributed by atoms with Gasteiger partial charge >= 0.3 is 0 Å². The van der Waals surface area contributed by atoms with E-state index in [9.17, 15) is 9.18 Å². The first-order valence-electron chi connectivity index (χ1n) is 10.1. The summed E-state index contributed by atoms with van der Waals surface area (Å²) in [7, 11) is 0. The first-order chi connectivity index (χ1) is 12.0. The maximum absolute atomic E-state index is 14.2. The molecule has 4 rings (SSSR count). The lowest BCUT2D eigenvalue weighted by atomic mass is 9.60. The molecule has 4 aliphatic rings. The minimum Gasteiger partial charge on any atom is -0.373 e. The molecule has 0 amide bonds. The van der Waals surface area contributed by atoms with Crippen LogP contribution < -0.4 is 0 Å². The Morgan fingerprint density at radius 1 is 1.24 bits per heavy atom. The van der Waals surface area contributed by atoms with Gasteiger partial charge in [-0.1, -0.05) is 13.8 Å². The summed E-state index contributed by atoms with van der Waals surface area (Å²) in [5, 5.41) is 0. The fraction of sp³-hybridized carbons (Fsp3) is 0.773. The molecule has 3 heteroatoms. The summed E-state index contributed by atoms with van der Waals surface area (Å²) in [5.41, 5.74) is 1.62. The molecule has 0 spiro atoms. The van der Waals surface area contributed by atoms with Crippen LogP contribution >= 0.6 is 0 Å². The van der Waals surface area contributed by atoms with E-state index in [1.807, 2.05) is 0 Å². The first kappa shape index (κ1) is 17.5. The number of hydrogen-bond donors (Lipinski definition) is 0. The number of halogens is 1. The summed E-state index contributed by atoms with van der Waals surface area (Å²) in [6.45, 7) is 5.49. The Labute approximate surface area is 150 Å². The van der Waals surface area contributed by atoms with Gasteiger partial charge in [-0.25, -0.2) is 4.39 Å². The second-order valence-electron chi connectivity index (χ2n) is 9.66. The topological polar surface area (TPSA) is 26.3 Å². The van der Waals surface area contributed by atoms with Crippen molar-refractivity contribution in [2.45, 2.75) is 71.3 Å². The summed E-state index contributed by atoms with van der Waals surface area (Å²) >= 11 is 0. The lowest BCUT2D eigenvalue weighted by Gasteiger charge is -2.47. The van der Waals surface area contributed by atoms with Crippen LogP contribution in [-0.2, 0) is 9.53 Å². The van der Waals surface area contributed by atoms with Crippen molar-refractivity contribution in [3.63, 3.8) is 0 Å². The van der Waals surface area contributed by atoms with Crippen LogP contribution in [0.5, 0.6) is 0 Å². The predicted octanol–water partition coefficient (Wildman–Crippen LogP) is 5.39. The van der Waals surface area contributed by atoms with Gasteiger partial charge in [-0.3, -0.25) is 4.79 Å². The number of ether oxygens (including phenoxy) is 1. The summed E-state index contributed by atoms with van der Waals surface area (Å²) < 4.78 is 20.5. The summed E-state index contributed by atoms with van der Waals surface area (Å²) in [5.74, 6) is 2.77. The van der Waals surface area contributed by atoms with Gasteiger partial charge in [0.05, 0.1) is 12.7 Å². The molecule has 2 bridgehead atoms. The zero-order chi connectivity index (χ0) is 17.6. The maximum Gasteiger partial charge on any atom is 0.152 e. The van der Waals surface area contributed by atoms with Crippen LogP contribution in [0.4, 0.5) is 4.39 Å². The monoisotopic (exact) mass is 346 g/mol. The van der Waals surface area contributed by atoms with E-state index in [4.69, 9.17) is 4.74 Å². The van der Waals surface area contributed by atoms with E-state index in [1.54, 1.807) is 6.08 Å². The van der Waals surface area contributed by atoms with Crippen molar-refractivity contribution in [3.05, 3.63) is 23.0 Å². The molecule has 0 N–H and O–H groups in total. The Balaban J connectivity index is 1.42. The van der Waals surface area contributed by atoms with Crippen LogP contribution in [0.15, 0.2) is 23.0 Å². The first-order valence-corrected chi connectivity index (χ1v) is 10.1. The summed E-state index contributed by atoms with van der Waals surface area (Å²) in [4.78, 5) is 11.1. The summed E-state index contributed by atoms with van der Waals surface area (Å²) in [6, 6.07) is 0. The van der Waals surface area contributed by atoms with Gasteiger partial charge < -0.3 is 4.74 Å². The van der Waals surface area contributed by atoms with E-state index in [0.717, 1.165) is 42.8 Å². The molecule has 4 aliphatic carbocycles. The molecule has 0 aromatic heterocycles. The number of rotatable bonds is 5. The average molecular weight is 346 g/mol. The number of allylic oxidation sites excluding steroid dienone is 2. The van der Waals surface area contributed by atoms with Crippen molar-refractivity contribution in [2.75, 3.05) is 6.61 Å². The number of hydrogen-bond acceptors (Lipinski definition) is 2. The van der Waals surface area contributed by atoms with Gasteiger partial charge in [-0.2, -0.15) is 0 Å². The lowest BCUT2D eigenvalue weighted by molar-refractivity contribution is -0.104. The van der Waals surface area contributed by atoms with Gasteiger partial charge in [0.15, 0.2) is 6.29 Å². The zero-order valence-corrected chi connectivity index (χ0v) is 15.6. The predicted molar refractivity (Wildman–Crippen MR) is 96.7 cm³/mol. The second-order valence-corrected chi connectivity index (χ2v) is 9.66. The lowest BCUT2D eigenvalue weighted by Crippen LogP contribution is -2.40. The van der Waals surface area contributed by atoms with Crippen LogP contribution in [0.25, 0.3) is 0 Å². The van der Waals surface area contributed by atoms with Crippen LogP contribution in [-0.4, -0.2) is 19.0 Å². The largest absolute Gasteiger partial charge is 0.373 e. The second kappa shape index (κ2) is 6.64. The van der Waals surface area contributed by atoms with E-state index in [2.05, 4.69) is 13.8 Å². The molecule has 0 heterocycles. The van der Waals surface area contributed by atoms with E-state index in [0.29, 0.717) is 12.2 Å². The highest BCUT2D eigenvalue weighted by Crippen LogP contribution is 2.51. The zero-order valence-electron chi connectivity index (χ0n) is 15.6. The Morgan fingerprint density at radius 2 is 1.92 bits per heavy atom. The van der Waals surface area contributed by atoms with Crippen LogP contribution in [0.1, 0.15) is 65.2 Å². The van der Waals surface area contributed by atoms with E-state index in [-0.39, 0.29) is 29.3 Å². The van der Waals surface area contributed by atoms with Crippen molar-refractivity contribution in [1.29, 1.82) is 0 Å². The molecule has 3 unspecified atom stereocenters. The molecule has 3 saturated carbocycles. The Kier molecular flexibility index (Phi) is 4.64. The number of fused-ring (bicyclic) bond motifs is 2. The molecule has 0 radical (unpaired) electrons. The molecule has 0 aromatic carbocycles. The van der Waals surface area contributed by atoms with Gasteiger partial charge in [-0.15, -0.1) is 0 Å². The molecule has 0 aromatic rings. The average Bonchev–Trinajstić information content (AvgIpc) is 3.36. The molecule has 0 saturated heterocycles. The Morgan fingerprint density at radius 3 is 2.52 bits per heavy atom. The normalized spacial score (nSPS) is 41.5. The van der Waals surface area contributed by atoms with Gasteiger partial charge in [-0.05, 0) is 85.7 Å². The van der Waals surface area contributed by atoms with E-state index >= 15 is 0 Å². The Hall–Kier alpha value is -0.960. The van der Waals surface area contributed by atoms with Crippen LogP contribution in [0, 0.1) is 29.1 Å². The minimum absolute atomic E-state index is 0.159. The molecular weight excluding hydrogens is 315 g/mol. The molecule has 3 atom stereocenters. The van der Waals surface area contributed by atoms with Gasteiger partial charge in [0.1, 0.15) is 5.83 Å². The van der Waals surface area contributed by atoms with Crippen molar-refractivity contribution >= 4 is 6.29 Å². The number of carbonyl (C=O) groups excluding carboxylic acids is 1. The third kappa shape index (κ3) is 3.77. The smallest absolute Gasteiger partial charge is 0.152 e. The fourth-order valence-electron chi connectivity index (χ4n) is 5.93. The maximum atomic E-state index is 14.2. The van der Waals surface area contributed by atoms with Gasteiger partial charge in [0.25, 0.3) is 0 Å². The standard InChI is InChI=1S/C22H31FO2/c1-14-5-15-7-16(6-14)11-22(2,10-15)13-25-21-9-20(23)18(12-24)8-19(21)17-3-4-17/h8,12,14-17,21H,3-7,9-11,13H2,1-2H3. The third-order valence-electron chi connectivity index (χ3n) is 6.88. The molecule has 2 nitrogen and oxygen atoms in total. The van der Waals surface area contributed by atoms with Crippen molar-refractivity contribution in [2.24, 2.45) is 29.1 Å². The SMILES string of the molecule is CC1CC2CC(C1)CC(C)(COC1CC(F)=C(C=O)C=C1C1CC1)C2. The highest BCUT2D eigenvalue weighted by Gasteiger charge is 2.42. The molecule has 25 heavy (non-hydrogen) atoms. The highest BCUT2D eigenvalue weighted by molar-refractivity contribution is 5.79. The van der Waals surface area contributed by atoms with E-state index in [1.165, 1.54) is 32.1 Å². The third-order valence-corrected chi connectivity index (χ3v) is 6.88. The van der Waals surface area contributed by atoms with Crippen molar-refractivity contribution in [3.8, 4) is 0 Å². The quantitative estimate of drug-likeness (QED) is 0.624. The fourth-order valence-corrected chi connectivity index (χ4v) is 5.93. The molecule has 3 fully saturated rings. The van der Waals surface area contributed by atoms with Crippen molar-refractivity contribution in [1.82, 2.24) is 0 Å². The van der Waals surface area contributed by atoms with Crippen molar-refractivity contribution < 1.29 is 13.9 Å². The molecular formula is C22H31FO2. The number of aldehydes is 1.